The molecule has 1 aliphatic rings. The topological polar surface area (TPSA) is 17.8 Å². The van der Waals surface area contributed by atoms with E-state index in [1.54, 1.807) is 0 Å². The lowest BCUT2D eigenvalue weighted by molar-refractivity contribution is 1.11. The van der Waals surface area contributed by atoms with Crippen LogP contribution in [0.3, 0.4) is 0 Å². The first kappa shape index (κ1) is 6.40. The van der Waals surface area contributed by atoms with Gasteiger partial charge in [-0.1, -0.05) is 12.2 Å². The second-order valence-electron chi connectivity index (χ2n) is 2.67. The van der Waals surface area contributed by atoms with Crippen LogP contribution in [0.1, 0.15) is 17.9 Å². The smallest absolute Gasteiger partial charge is 0.136 e. The van der Waals surface area contributed by atoms with Crippen molar-refractivity contribution in [2.24, 2.45) is 0 Å². The zero-order valence-electron chi connectivity index (χ0n) is 6.49. The number of aryl methyl sites for hydroxylation is 1. The molecule has 0 saturated heterocycles. The Morgan fingerprint density at radius 2 is 2.36 bits per heavy atom. The number of fused-ring (bicyclic) bond motifs is 1. The highest BCUT2D eigenvalue weighted by molar-refractivity contribution is 5.48. The Hall–Kier alpha value is -1.31. The molecule has 1 aliphatic heterocycles. The molecule has 2 nitrogen and oxygen atoms in total. The lowest BCUT2D eigenvalue weighted by Crippen LogP contribution is -1.85. The van der Waals surface area contributed by atoms with Gasteiger partial charge >= 0.3 is 0 Å². The van der Waals surface area contributed by atoms with Gasteiger partial charge in [-0.05, 0) is 19.4 Å². The van der Waals surface area contributed by atoms with Crippen LogP contribution >= 0.6 is 0 Å². The summed E-state index contributed by atoms with van der Waals surface area (Å²) in [5.41, 5.74) is 1.07. The molecule has 11 heavy (non-hydrogen) atoms. The quantitative estimate of drug-likeness (QED) is 0.548. The van der Waals surface area contributed by atoms with Gasteiger partial charge in [0, 0.05) is 12.4 Å². The van der Waals surface area contributed by atoms with E-state index < -0.39 is 0 Å². The molecule has 0 spiro atoms. The second kappa shape index (κ2) is 2.38. The molecule has 0 unspecified atom stereocenters. The van der Waals surface area contributed by atoms with Crippen molar-refractivity contribution in [2.45, 2.75) is 13.3 Å². The fourth-order valence-electron chi connectivity index (χ4n) is 1.20. The van der Waals surface area contributed by atoms with Crippen molar-refractivity contribution < 1.29 is 0 Å². The molecule has 56 valence electrons. The van der Waals surface area contributed by atoms with E-state index in [-0.39, 0.29) is 0 Å². The van der Waals surface area contributed by atoms with Crippen LogP contribution in [-0.2, 0) is 0 Å². The molecule has 0 bridgehead atoms. The fraction of sp³-hybridized carbons (Fsp3) is 0.222. The van der Waals surface area contributed by atoms with E-state index in [0.717, 1.165) is 17.9 Å². The molecule has 2 heterocycles. The molecule has 0 amide bonds. The van der Waals surface area contributed by atoms with Crippen LogP contribution in [0.4, 0.5) is 0 Å². The van der Waals surface area contributed by atoms with Crippen LogP contribution in [0, 0.1) is 6.92 Å². The predicted molar refractivity (Wildman–Crippen MR) is 45.9 cm³/mol. The van der Waals surface area contributed by atoms with Crippen molar-refractivity contribution in [2.75, 3.05) is 0 Å². The van der Waals surface area contributed by atoms with Crippen LogP contribution < -0.4 is 0 Å². The first-order valence-corrected chi connectivity index (χ1v) is 3.75. The largest absolute Gasteiger partial charge is 0.307 e. The molecule has 2 heteroatoms. The summed E-state index contributed by atoms with van der Waals surface area (Å²) in [6.07, 6.45) is 11.4. The summed E-state index contributed by atoms with van der Waals surface area (Å²) in [5, 5.41) is 0. The fourth-order valence-corrected chi connectivity index (χ4v) is 1.20. The highest BCUT2D eigenvalue weighted by Gasteiger charge is 1.99. The average Bonchev–Trinajstić information content (AvgIpc) is 2.17. The maximum Gasteiger partial charge on any atom is 0.136 e. The predicted octanol–water partition coefficient (Wildman–Crippen LogP) is 2.08. The Balaban J connectivity index is 2.56. The molecular formula is C9H10N2. The van der Waals surface area contributed by atoms with E-state index in [9.17, 15) is 0 Å². The van der Waals surface area contributed by atoms with Crippen LogP contribution in [0.25, 0.3) is 12.3 Å². The Morgan fingerprint density at radius 1 is 1.45 bits per heavy atom. The lowest BCUT2D eigenvalue weighted by atomic mass is 10.4. The zero-order chi connectivity index (χ0) is 7.68. The van der Waals surface area contributed by atoms with Gasteiger partial charge < -0.3 is 4.57 Å². The van der Waals surface area contributed by atoms with Crippen molar-refractivity contribution in [3.8, 4) is 0 Å². The highest BCUT2D eigenvalue weighted by Crippen LogP contribution is 2.09. The number of nitrogens with zero attached hydrogens (tertiary/aromatic N) is 2. The van der Waals surface area contributed by atoms with Crippen molar-refractivity contribution in [3.63, 3.8) is 0 Å². The minimum absolute atomic E-state index is 1.00. The summed E-state index contributed by atoms with van der Waals surface area (Å²) >= 11 is 0. The maximum absolute atomic E-state index is 4.34. The van der Waals surface area contributed by atoms with Gasteiger partial charge in [0.2, 0.25) is 0 Å². The first-order valence-electron chi connectivity index (χ1n) is 3.75. The summed E-state index contributed by atoms with van der Waals surface area (Å²) in [7, 11) is 0. The minimum Gasteiger partial charge on any atom is -0.307 e. The van der Waals surface area contributed by atoms with E-state index in [1.807, 2.05) is 23.8 Å². The second-order valence-corrected chi connectivity index (χ2v) is 2.67. The molecule has 0 atom stereocenters. The standard InChI is InChI=1S/C9H10N2/c1-8-7-11-6-4-2-3-5-9(11)10-8/h3-7H,2H2,1H3. The minimum atomic E-state index is 1.00. The average molecular weight is 146 g/mol. The summed E-state index contributed by atoms with van der Waals surface area (Å²) in [5.74, 6) is 1.02. The third kappa shape index (κ3) is 1.11. The van der Waals surface area contributed by atoms with Crippen molar-refractivity contribution >= 4 is 12.3 Å². The molecule has 2 rings (SSSR count). The lowest BCUT2D eigenvalue weighted by Gasteiger charge is -1.91. The van der Waals surface area contributed by atoms with Gasteiger partial charge in [0.25, 0.3) is 0 Å². The van der Waals surface area contributed by atoms with E-state index in [0.29, 0.717) is 0 Å². The van der Waals surface area contributed by atoms with E-state index in [4.69, 9.17) is 0 Å². The monoisotopic (exact) mass is 146 g/mol. The van der Waals surface area contributed by atoms with Gasteiger partial charge in [0.1, 0.15) is 5.82 Å². The van der Waals surface area contributed by atoms with Gasteiger partial charge in [0.05, 0.1) is 5.69 Å². The summed E-state index contributed by atoms with van der Waals surface area (Å²) in [6, 6.07) is 0. The van der Waals surface area contributed by atoms with Gasteiger partial charge in [-0.15, -0.1) is 0 Å². The van der Waals surface area contributed by atoms with Crippen LogP contribution in [0.5, 0.6) is 0 Å². The van der Waals surface area contributed by atoms with Crippen molar-refractivity contribution in [1.82, 2.24) is 9.55 Å². The number of allylic oxidation sites excluding steroid dienone is 2. The Morgan fingerprint density at radius 3 is 3.27 bits per heavy atom. The molecule has 1 aromatic rings. The maximum atomic E-state index is 4.34. The van der Waals surface area contributed by atoms with Crippen LogP contribution in [0.2, 0.25) is 0 Å². The van der Waals surface area contributed by atoms with Crippen LogP contribution in [0.15, 0.2) is 18.3 Å². The number of imidazole rings is 1. The Bertz CT molecular complexity index is 289. The zero-order valence-corrected chi connectivity index (χ0v) is 6.49. The van der Waals surface area contributed by atoms with Crippen molar-refractivity contribution in [1.29, 1.82) is 0 Å². The van der Waals surface area contributed by atoms with E-state index >= 15 is 0 Å². The normalized spacial score (nSPS) is 14.6. The molecule has 0 fully saturated rings. The van der Waals surface area contributed by atoms with E-state index in [1.165, 1.54) is 0 Å². The number of hydrogen-bond acceptors (Lipinski definition) is 1. The third-order valence-electron chi connectivity index (χ3n) is 1.69. The van der Waals surface area contributed by atoms with Crippen LogP contribution in [-0.4, -0.2) is 9.55 Å². The number of rotatable bonds is 0. The molecule has 0 aromatic carbocycles. The van der Waals surface area contributed by atoms with E-state index in [2.05, 4.69) is 23.3 Å². The van der Waals surface area contributed by atoms with Gasteiger partial charge in [-0.25, -0.2) is 4.98 Å². The Labute approximate surface area is 65.9 Å². The van der Waals surface area contributed by atoms with Gasteiger partial charge in [-0.2, -0.15) is 0 Å². The Kier molecular flexibility index (Phi) is 1.39. The molecule has 0 N–H and O–H groups in total. The summed E-state index contributed by atoms with van der Waals surface area (Å²) in [4.78, 5) is 4.34. The molecule has 0 aliphatic carbocycles. The molecule has 1 aromatic heterocycles. The molecular weight excluding hydrogens is 136 g/mol. The molecule has 0 saturated carbocycles. The summed E-state index contributed by atoms with van der Waals surface area (Å²) < 4.78 is 2.04. The number of aromatic nitrogens is 2. The SMILES string of the molecule is Cc1cn2c(n1)C=CCC=C2. The third-order valence-corrected chi connectivity index (χ3v) is 1.69. The van der Waals surface area contributed by atoms with Gasteiger partial charge in [-0.3, -0.25) is 0 Å². The summed E-state index contributed by atoms with van der Waals surface area (Å²) in [6.45, 7) is 2.00. The van der Waals surface area contributed by atoms with Gasteiger partial charge in [0.15, 0.2) is 0 Å². The highest BCUT2D eigenvalue weighted by atomic mass is 15.0. The van der Waals surface area contributed by atoms with Crippen molar-refractivity contribution in [3.05, 3.63) is 29.9 Å². The first-order chi connectivity index (χ1) is 5.36. The number of hydrogen-bond donors (Lipinski definition) is 0. The molecule has 0 radical (unpaired) electrons.